The van der Waals surface area contributed by atoms with Gasteiger partial charge in [-0.05, 0) is 39.2 Å². The van der Waals surface area contributed by atoms with Crippen LogP contribution in [0.2, 0.25) is 0 Å². The second-order valence-electron chi connectivity index (χ2n) is 4.07. The van der Waals surface area contributed by atoms with Gasteiger partial charge in [-0.1, -0.05) is 0 Å². The molecule has 0 heterocycles. The lowest BCUT2D eigenvalue weighted by Gasteiger charge is -2.25. The first-order chi connectivity index (χ1) is 5.87. The summed E-state index contributed by atoms with van der Waals surface area (Å²) in [5, 5.41) is 12.0. The molecule has 0 aliphatic rings. The third kappa shape index (κ3) is 6.90. The molecular weight excluding hydrogens is 186 g/mol. The summed E-state index contributed by atoms with van der Waals surface area (Å²) in [6.07, 6.45) is 2.66. The first-order valence-electron chi connectivity index (χ1n) is 4.36. The average Bonchev–Trinajstić information content (AvgIpc) is 1.95. The Morgan fingerprint density at radius 1 is 1.54 bits per heavy atom. The number of carboxylic acids is 1. The van der Waals surface area contributed by atoms with Crippen molar-refractivity contribution in [2.24, 2.45) is 0 Å². The fourth-order valence-electron chi connectivity index (χ4n) is 1.02. The molecule has 0 aliphatic carbocycles. The summed E-state index contributed by atoms with van der Waals surface area (Å²) in [4.78, 5) is 10.8. The van der Waals surface area contributed by atoms with Gasteiger partial charge in [-0.2, -0.15) is 11.8 Å². The first-order valence-corrected chi connectivity index (χ1v) is 5.75. The van der Waals surface area contributed by atoms with Gasteiger partial charge in [0.25, 0.3) is 0 Å². The van der Waals surface area contributed by atoms with Gasteiger partial charge in [0, 0.05) is 5.54 Å². The number of aliphatic carboxylic acids is 1. The van der Waals surface area contributed by atoms with Crippen molar-refractivity contribution in [2.75, 3.05) is 12.0 Å². The van der Waals surface area contributed by atoms with Crippen LogP contribution in [0.1, 0.15) is 27.2 Å². The Labute approximate surface area is 84.3 Å². The Balaban J connectivity index is 4.03. The molecule has 0 spiro atoms. The van der Waals surface area contributed by atoms with E-state index in [4.69, 9.17) is 5.11 Å². The molecule has 0 aromatic heterocycles. The van der Waals surface area contributed by atoms with Crippen LogP contribution in [-0.2, 0) is 4.79 Å². The molecule has 0 unspecified atom stereocenters. The summed E-state index contributed by atoms with van der Waals surface area (Å²) in [5.74, 6) is 0.115. The molecule has 78 valence electrons. The fourth-order valence-corrected chi connectivity index (χ4v) is 1.49. The van der Waals surface area contributed by atoms with Crippen molar-refractivity contribution in [2.45, 2.75) is 38.8 Å². The van der Waals surface area contributed by atoms with Gasteiger partial charge < -0.3 is 5.11 Å². The van der Waals surface area contributed by atoms with Gasteiger partial charge in [0.05, 0.1) is 0 Å². The fraction of sp³-hybridized carbons (Fsp3) is 0.889. The SMILES string of the molecule is CSCC[C@H](NC(C)(C)C)C(=O)O. The number of carboxylic acid groups (broad SMARTS) is 1. The second-order valence-corrected chi connectivity index (χ2v) is 5.05. The number of nitrogens with one attached hydrogen (secondary N) is 1. The molecule has 0 rings (SSSR count). The van der Waals surface area contributed by atoms with Crippen molar-refractivity contribution < 1.29 is 9.90 Å². The van der Waals surface area contributed by atoms with Crippen LogP contribution >= 0.6 is 11.8 Å². The van der Waals surface area contributed by atoms with Gasteiger partial charge in [-0.3, -0.25) is 10.1 Å². The molecule has 0 bridgehead atoms. The maximum absolute atomic E-state index is 10.8. The molecule has 4 heteroatoms. The molecule has 0 aromatic rings. The van der Waals surface area contributed by atoms with Crippen LogP contribution in [0.25, 0.3) is 0 Å². The van der Waals surface area contributed by atoms with E-state index in [0.29, 0.717) is 6.42 Å². The molecule has 0 radical (unpaired) electrons. The van der Waals surface area contributed by atoms with E-state index in [1.165, 1.54) is 0 Å². The third-order valence-electron chi connectivity index (χ3n) is 1.52. The average molecular weight is 205 g/mol. The summed E-state index contributed by atoms with van der Waals surface area (Å²) < 4.78 is 0. The van der Waals surface area contributed by atoms with Crippen molar-refractivity contribution in [1.82, 2.24) is 5.32 Å². The van der Waals surface area contributed by atoms with Gasteiger partial charge in [0.2, 0.25) is 0 Å². The largest absolute Gasteiger partial charge is 0.480 e. The Hall–Kier alpha value is -0.220. The standard InChI is InChI=1S/C9H19NO2S/c1-9(2,3)10-7(8(11)12)5-6-13-4/h7,10H,5-6H2,1-4H3,(H,11,12)/t7-/m0/s1. The van der Waals surface area contributed by atoms with Crippen molar-refractivity contribution in [3.05, 3.63) is 0 Å². The Morgan fingerprint density at radius 2 is 2.08 bits per heavy atom. The molecule has 0 aliphatic heterocycles. The van der Waals surface area contributed by atoms with Crippen LogP contribution in [0.3, 0.4) is 0 Å². The molecule has 0 saturated heterocycles. The maximum atomic E-state index is 10.8. The van der Waals surface area contributed by atoms with E-state index in [1.807, 2.05) is 27.0 Å². The number of hydrogen-bond acceptors (Lipinski definition) is 3. The van der Waals surface area contributed by atoms with Crippen LogP contribution in [0.4, 0.5) is 0 Å². The van der Waals surface area contributed by atoms with E-state index in [-0.39, 0.29) is 5.54 Å². The molecule has 0 fully saturated rings. The lowest BCUT2D eigenvalue weighted by atomic mass is 10.1. The minimum absolute atomic E-state index is 0.137. The zero-order valence-corrected chi connectivity index (χ0v) is 9.57. The highest BCUT2D eigenvalue weighted by Crippen LogP contribution is 2.06. The van der Waals surface area contributed by atoms with Crippen molar-refractivity contribution >= 4 is 17.7 Å². The first kappa shape index (κ1) is 12.8. The van der Waals surface area contributed by atoms with Crippen LogP contribution in [0.5, 0.6) is 0 Å². The summed E-state index contributed by atoms with van der Waals surface area (Å²) in [6, 6.07) is -0.424. The van der Waals surface area contributed by atoms with Crippen LogP contribution in [0, 0.1) is 0 Å². The van der Waals surface area contributed by atoms with Gasteiger partial charge in [-0.25, -0.2) is 0 Å². The zero-order chi connectivity index (χ0) is 10.5. The lowest BCUT2D eigenvalue weighted by Crippen LogP contribution is -2.47. The van der Waals surface area contributed by atoms with Gasteiger partial charge in [0.15, 0.2) is 0 Å². The van der Waals surface area contributed by atoms with E-state index in [0.717, 1.165) is 5.75 Å². The van der Waals surface area contributed by atoms with Crippen molar-refractivity contribution in [3.8, 4) is 0 Å². The number of hydrogen-bond donors (Lipinski definition) is 2. The smallest absolute Gasteiger partial charge is 0.320 e. The summed E-state index contributed by atoms with van der Waals surface area (Å²) in [5.41, 5.74) is -0.137. The molecular formula is C9H19NO2S. The lowest BCUT2D eigenvalue weighted by molar-refractivity contribution is -0.140. The summed E-state index contributed by atoms with van der Waals surface area (Å²) >= 11 is 1.67. The second kappa shape index (κ2) is 5.50. The molecule has 0 amide bonds. The van der Waals surface area contributed by atoms with E-state index < -0.39 is 12.0 Å². The zero-order valence-electron chi connectivity index (χ0n) is 8.76. The summed E-state index contributed by atoms with van der Waals surface area (Å²) in [7, 11) is 0. The molecule has 0 saturated carbocycles. The van der Waals surface area contributed by atoms with Gasteiger partial charge >= 0.3 is 5.97 Å². The van der Waals surface area contributed by atoms with E-state index in [1.54, 1.807) is 11.8 Å². The number of carbonyl (C=O) groups is 1. The van der Waals surface area contributed by atoms with E-state index in [2.05, 4.69) is 5.32 Å². The number of rotatable bonds is 5. The predicted molar refractivity (Wildman–Crippen MR) is 57.3 cm³/mol. The van der Waals surface area contributed by atoms with Crippen molar-refractivity contribution in [1.29, 1.82) is 0 Å². The Kier molecular flexibility index (Phi) is 5.40. The number of thioether (sulfide) groups is 1. The van der Waals surface area contributed by atoms with E-state index >= 15 is 0 Å². The molecule has 13 heavy (non-hydrogen) atoms. The molecule has 0 aromatic carbocycles. The topological polar surface area (TPSA) is 49.3 Å². The van der Waals surface area contributed by atoms with Crippen LogP contribution in [0.15, 0.2) is 0 Å². The highest BCUT2D eigenvalue weighted by Gasteiger charge is 2.22. The highest BCUT2D eigenvalue weighted by molar-refractivity contribution is 7.98. The Morgan fingerprint density at radius 3 is 2.38 bits per heavy atom. The Bertz CT molecular complexity index is 165. The monoisotopic (exact) mass is 205 g/mol. The maximum Gasteiger partial charge on any atom is 0.320 e. The van der Waals surface area contributed by atoms with Crippen LogP contribution in [-0.4, -0.2) is 34.7 Å². The molecule has 1 atom stereocenters. The van der Waals surface area contributed by atoms with E-state index in [9.17, 15) is 4.79 Å². The minimum Gasteiger partial charge on any atom is -0.480 e. The van der Waals surface area contributed by atoms with Gasteiger partial charge in [0.1, 0.15) is 6.04 Å². The third-order valence-corrected chi connectivity index (χ3v) is 2.16. The van der Waals surface area contributed by atoms with Gasteiger partial charge in [-0.15, -0.1) is 0 Å². The van der Waals surface area contributed by atoms with Crippen LogP contribution < -0.4 is 5.32 Å². The molecule has 2 N–H and O–H groups in total. The molecule has 3 nitrogen and oxygen atoms in total. The predicted octanol–water partition coefficient (Wildman–Crippen LogP) is 1.58. The van der Waals surface area contributed by atoms with Crippen molar-refractivity contribution in [3.63, 3.8) is 0 Å². The normalized spacial score (nSPS) is 14.2. The minimum atomic E-state index is -0.760. The highest BCUT2D eigenvalue weighted by atomic mass is 32.2. The quantitative estimate of drug-likeness (QED) is 0.715. The summed E-state index contributed by atoms with van der Waals surface area (Å²) in [6.45, 7) is 5.92.